The maximum absolute atomic E-state index is 12.2. The first kappa shape index (κ1) is 17.0. The summed E-state index contributed by atoms with van der Waals surface area (Å²) in [4.78, 5) is 16.4. The molecule has 2 aromatic carbocycles. The Morgan fingerprint density at radius 2 is 2.00 bits per heavy atom. The van der Waals surface area contributed by atoms with Gasteiger partial charge in [0.05, 0.1) is 0 Å². The van der Waals surface area contributed by atoms with Gasteiger partial charge in [-0.3, -0.25) is 10.1 Å². The second-order valence-corrected chi connectivity index (χ2v) is 5.86. The van der Waals surface area contributed by atoms with E-state index in [0.29, 0.717) is 16.7 Å². The Kier molecular flexibility index (Phi) is 5.00. The lowest BCUT2D eigenvalue weighted by Crippen LogP contribution is -2.30. The first-order chi connectivity index (χ1) is 12.0. The van der Waals surface area contributed by atoms with E-state index < -0.39 is 6.10 Å². The molecular weight excluding hydrogens is 342 g/mol. The fourth-order valence-electron chi connectivity index (χ4n) is 2.13. The summed E-state index contributed by atoms with van der Waals surface area (Å²) < 4.78 is 10.8. The molecule has 6 nitrogen and oxygen atoms in total. The first-order valence-electron chi connectivity index (χ1n) is 7.66. The second-order valence-electron chi connectivity index (χ2n) is 5.45. The Balaban J connectivity index is 1.63. The number of hydrogen-bond donors (Lipinski definition) is 1. The summed E-state index contributed by atoms with van der Waals surface area (Å²) in [6, 6.07) is 14.5. The van der Waals surface area contributed by atoms with Gasteiger partial charge in [0.25, 0.3) is 17.7 Å². The minimum absolute atomic E-state index is 0.0894. The summed E-state index contributed by atoms with van der Waals surface area (Å²) in [5.74, 6) is 0.597. The molecule has 0 aliphatic carbocycles. The van der Waals surface area contributed by atoms with Crippen LogP contribution in [0.15, 0.2) is 53.1 Å². The van der Waals surface area contributed by atoms with Crippen LogP contribution in [0.25, 0.3) is 11.5 Å². The molecule has 0 bridgehead atoms. The number of hydrogen-bond acceptors (Lipinski definition) is 5. The molecule has 128 valence electrons. The van der Waals surface area contributed by atoms with Crippen LogP contribution >= 0.6 is 11.6 Å². The third kappa shape index (κ3) is 4.16. The van der Waals surface area contributed by atoms with Crippen molar-refractivity contribution in [2.45, 2.75) is 20.0 Å². The number of benzene rings is 2. The van der Waals surface area contributed by atoms with Crippen LogP contribution in [0.1, 0.15) is 12.5 Å². The van der Waals surface area contributed by atoms with E-state index in [1.807, 2.05) is 37.3 Å². The number of amides is 1. The molecule has 0 spiro atoms. The molecule has 3 rings (SSSR count). The number of rotatable bonds is 5. The molecule has 0 radical (unpaired) electrons. The van der Waals surface area contributed by atoms with Crippen molar-refractivity contribution in [3.63, 3.8) is 0 Å². The Morgan fingerprint density at radius 3 is 2.72 bits per heavy atom. The van der Waals surface area contributed by atoms with Gasteiger partial charge in [-0.2, -0.15) is 4.98 Å². The third-order valence-corrected chi connectivity index (χ3v) is 3.92. The van der Waals surface area contributed by atoms with Gasteiger partial charge in [0.15, 0.2) is 6.10 Å². The van der Waals surface area contributed by atoms with Crippen LogP contribution in [0.3, 0.4) is 0 Å². The van der Waals surface area contributed by atoms with Crippen molar-refractivity contribution in [2.75, 3.05) is 5.32 Å². The first-order valence-corrected chi connectivity index (χ1v) is 8.03. The number of nitrogens with one attached hydrogen (secondary N) is 1. The van der Waals surface area contributed by atoms with E-state index in [0.717, 1.165) is 11.1 Å². The molecule has 1 heterocycles. The zero-order valence-corrected chi connectivity index (χ0v) is 14.4. The minimum Gasteiger partial charge on any atom is -0.481 e. The highest BCUT2D eigenvalue weighted by Gasteiger charge is 2.18. The number of ether oxygens (including phenoxy) is 1. The van der Waals surface area contributed by atoms with Gasteiger partial charge in [0.1, 0.15) is 5.75 Å². The molecule has 1 N–H and O–H groups in total. The highest BCUT2D eigenvalue weighted by Crippen LogP contribution is 2.22. The van der Waals surface area contributed by atoms with Gasteiger partial charge in [-0.25, -0.2) is 0 Å². The maximum atomic E-state index is 12.2. The zero-order chi connectivity index (χ0) is 17.8. The van der Waals surface area contributed by atoms with Crippen molar-refractivity contribution in [2.24, 2.45) is 0 Å². The lowest BCUT2D eigenvalue weighted by molar-refractivity contribution is -0.122. The largest absolute Gasteiger partial charge is 0.481 e. The Labute approximate surface area is 149 Å². The normalized spacial score (nSPS) is 11.8. The van der Waals surface area contributed by atoms with Crippen LogP contribution in [0, 0.1) is 6.92 Å². The molecule has 1 aromatic heterocycles. The van der Waals surface area contributed by atoms with Gasteiger partial charge < -0.3 is 9.26 Å². The molecule has 1 amide bonds. The van der Waals surface area contributed by atoms with E-state index in [4.69, 9.17) is 20.9 Å². The molecule has 0 fully saturated rings. The van der Waals surface area contributed by atoms with Crippen LogP contribution in [-0.2, 0) is 4.79 Å². The molecule has 7 heteroatoms. The van der Waals surface area contributed by atoms with Crippen LogP contribution in [0.5, 0.6) is 5.75 Å². The van der Waals surface area contributed by atoms with Crippen LogP contribution < -0.4 is 10.1 Å². The van der Waals surface area contributed by atoms with E-state index in [-0.39, 0.29) is 11.9 Å². The molecular formula is C18H16ClN3O3. The monoisotopic (exact) mass is 357 g/mol. The molecule has 0 saturated carbocycles. The Morgan fingerprint density at radius 1 is 1.24 bits per heavy atom. The molecule has 0 aliphatic rings. The number of carbonyl (C=O) groups excluding carboxylic acids is 1. The van der Waals surface area contributed by atoms with E-state index in [1.165, 1.54) is 0 Å². The molecule has 1 atom stereocenters. The van der Waals surface area contributed by atoms with Crippen molar-refractivity contribution in [1.82, 2.24) is 10.1 Å². The summed E-state index contributed by atoms with van der Waals surface area (Å²) in [7, 11) is 0. The van der Waals surface area contributed by atoms with Crippen molar-refractivity contribution in [3.8, 4) is 17.2 Å². The number of nitrogens with zero attached hydrogens (tertiary/aromatic N) is 2. The number of aryl methyl sites for hydroxylation is 1. The molecule has 0 aliphatic heterocycles. The van der Waals surface area contributed by atoms with Gasteiger partial charge >= 0.3 is 0 Å². The van der Waals surface area contributed by atoms with Crippen molar-refractivity contribution < 1.29 is 14.1 Å². The van der Waals surface area contributed by atoms with E-state index >= 15 is 0 Å². The minimum atomic E-state index is -0.737. The van der Waals surface area contributed by atoms with Crippen LogP contribution in [-0.4, -0.2) is 22.2 Å². The van der Waals surface area contributed by atoms with Gasteiger partial charge in [-0.05, 0) is 54.9 Å². The predicted octanol–water partition coefficient (Wildman–Crippen LogP) is 4.10. The fourth-order valence-corrected chi connectivity index (χ4v) is 2.25. The number of aromatic nitrogens is 2. The molecule has 0 saturated heterocycles. The smallest absolute Gasteiger partial charge is 0.270 e. The predicted molar refractivity (Wildman–Crippen MR) is 94.6 cm³/mol. The molecule has 25 heavy (non-hydrogen) atoms. The van der Waals surface area contributed by atoms with Crippen LogP contribution in [0.2, 0.25) is 5.02 Å². The van der Waals surface area contributed by atoms with Gasteiger partial charge in [-0.15, -0.1) is 0 Å². The second kappa shape index (κ2) is 7.36. The summed E-state index contributed by atoms with van der Waals surface area (Å²) in [5.41, 5.74) is 1.65. The quantitative estimate of drug-likeness (QED) is 0.743. The topological polar surface area (TPSA) is 77.2 Å². The molecule has 0 unspecified atom stereocenters. The zero-order valence-electron chi connectivity index (χ0n) is 13.7. The average Bonchev–Trinajstić information content (AvgIpc) is 3.07. The highest BCUT2D eigenvalue weighted by atomic mass is 35.5. The molecule has 3 aromatic rings. The summed E-state index contributed by atoms with van der Waals surface area (Å²) in [5, 5.41) is 6.97. The summed E-state index contributed by atoms with van der Waals surface area (Å²) in [6.07, 6.45) is -0.737. The van der Waals surface area contributed by atoms with E-state index in [1.54, 1.807) is 25.1 Å². The van der Waals surface area contributed by atoms with Crippen molar-refractivity contribution >= 4 is 23.5 Å². The fraction of sp³-hybridized carbons (Fsp3) is 0.167. The van der Waals surface area contributed by atoms with Gasteiger partial charge in [0, 0.05) is 10.6 Å². The lowest BCUT2D eigenvalue weighted by Gasteiger charge is -2.14. The van der Waals surface area contributed by atoms with E-state index in [2.05, 4.69) is 15.5 Å². The number of anilines is 1. The van der Waals surface area contributed by atoms with E-state index in [9.17, 15) is 4.79 Å². The lowest BCUT2D eigenvalue weighted by atomic mass is 10.2. The van der Waals surface area contributed by atoms with Gasteiger partial charge in [-0.1, -0.05) is 29.8 Å². The van der Waals surface area contributed by atoms with Crippen molar-refractivity contribution in [1.29, 1.82) is 0 Å². The number of halogens is 1. The highest BCUT2D eigenvalue weighted by molar-refractivity contribution is 6.31. The Hall–Kier alpha value is -2.86. The number of carbonyl (C=O) groups is 1. The Bertz CT molecular complexity index is 880. The third-order valence-electron chi connectivity index (χ3n) is 3.49. The van der Waals surface area contributed by atoms with Crippen LogP contribution in [0.4, 0.5) is 5.95 Å². The maximum Gasteiger partial charge on any atom is 0.270 e. The standard InChI is InChI=1S/C18H16ClN3O3/c1-11-10-14(8-9-15(11)19)24-12(2)16(23)20-18-21-17(25-22-18)13-6-4-3-5-7-13/h3-10,12H,1-2H3,(H,20,22,23)/t12-/m1/s1. The van der Waals surface area contributed by atoms with Crippen molar-refractivity contribution in [3.05, 3.63) is 59.1 Å². The summed E-state index contributed by atoms with van der Waals surface area (Å²) in [6.45, 7) is 3.50. The summed E-state index contributed by atoms with van der Waals surface area (Å²) >= 11 is 5.98. The average molecular weight is 358 g/mol. The SMILES string of the molecule is Cc1cc(O[C@H](C)C(=O)Nc2noc(-c3ccccc3)n2)ccc1Cl. The van der Waals surface area contributed by atoms with Gasteiger partial charge in [0.2, 0.25) is 0 Å².